The predicted octanol–water partition coefficient (Wildman–Crippen LogP) is -4.72. The van der Waals surface area contributed by atoms with E-state index in [2.05, 4.69) is 0 Å². The van der Waals surface area contributed by atoms with Crippen LogP contribution < -0.4 is 9.79 Å². The molecule has 0 spiro atoms. The minimum Gasteiger partial charge on any atom is -0.820 e. The van der Waals surface area contributed by atoms with Crippen molar-refractivity contribution in [1.82, 2.24) is 0 Å². The van der Waals surface area contributed by atoms with Crippen LogP contribution in [0.1, 0.15) is 0 Å². The van der Waals surface area contributed by atoms with Crippen LogP contribution in [0.5, 0.6) is 0 Å². The average molecular weight is 234 g/mol. The molecule has 10 heteroatoms. The van der Waals surface area contributed by atoms with E-state index in [1.165, 1.54) is 0 Å². The number of rotatable bonds is 0. The molecule has 0 radical (unpaired) electrons. The van der Waals surface area contributed by atoms with Gasteiger partial charge in [0.05, 0.1) is 0 Å². The van der Waals surface area contributed by atoms with Gasteiger partial charge in [-0.25, -0.2) is 0 Å². The molecule has 0 saturated carbocycles. The van der Waals surface area contributed by atoms with E-state index in [1.807, 2.05) is 0 Å². The van der Waals surface area contributed by atoms with Crippen LogP contribution in [0.25, 0.3) is 0 Å². The first-order valence-corrected chi connectivity index (χ1v) is 3.50. The molecule has 0 aliphatic heterocycles. The van der Waals surface area contributed by atoms with E-state index in [4.69, 9.17) is 29.4 Å². The molecule has 0 bridgehead atoms. The average Bonchev–Trinajstić information content (AvgIpc) is 1.25. The first kappa shape index (κ1) is 22.7. The van der Waals surface area contributed by atoms with E-state index in [0.717, 1.165) is 0 Å². The molecule has 0 aromatic rings. The molecule has 0 atom stereocenters. The molecule has 0 aromatic heterocycles. The summed E-state index contributed by atoms with van der Waals surface area (Å²) in [4.78, 5) is 45.9. The summed E-state index contributed by atoms with van der Waals surface area (Å²) in [5.41, 5.74) is 0. The molecule has 0 aromatic carbocycles. The van der Waals surface area contributed by atoms with Crippen LogP contribution in [0, 0.1) is 0 Å². The second-order valence-corrected chi connectivity index (χ2v) is 1.52. The Hall–Kier alpha value is 2.10. The monoisotopic (exact) mass is 234 g/mol. The summed E-state index contributed by atoms with van der Waals surface area (Å²) in [6, 6.07) is 0. The Morgan fingerprint density at radius 3 is 0.900 bits per heavy atom. The zero-order valence-corrected chi connectivity index (χ0v) is 8.20. The van der Waals surface area contributed by atoms with Crippen molar-refractivity contribution < 1.29 is 29.4 Å². The SMILES string of the molecule is OP(O)O.[Ca+2].[O-]P([O-])O.[SiH4]. The quantitative estimate of drug-likeness (QED) is 0.246. The molecule has 0 unspecified atom stereocenters. The van der Waals surface area contributed by atoms with Crippen LogP contribution >= 0.6 is 17.2 Å². The molecule has 6 nitrogen and oxygen atoms in total. The fraction of sp³-hybridized carbons (Fsp3) is 0. The molecule has 0 heterocycles. The van der Waals surface area contributed by atoms with Crippen LogP contribution in [0.15, 0.2) is 0 Å². The summed E-state index contributed by atoms with van der Waals surface area (Å²) in [6.45, 7) is 0. The van der Waals surface area contributed by atoms with Crippen LogP contribution in [0.2, 0.25) is 0 Å². The third-order valence-electron chi connectivity index (χ3n) is 0. The van der Waals surface area contributed by atoms with Crippen molar-refractivity contribution in [2.45, 2.75) is 0 Å². The Balaban J connectivity index is -0.0000000300. The zero-order valence-electron chi connectivity index (χ0n) is 4.21. The maximum absolute atomic E-state index is 8.59. The van der Waals surface area contributed by atoms with Gasteiger partial charge in [0, 0.05) is 0 Å². The molecule has 0 aliphatic carbocycles. The third kappa shape index (κ3) is 190. The maximum atomic E-state index is 8.59. The third-order valence-corrected chi connectivity index (χ3v) is 0. The van der Waals surface area contributed by atoms with E-state index in [-0.39, 0.29) is 48.7 Å². The van der Waals surface area contributed by atoms with Crippen LogP contribution in [-0.2, 0) is 0 Å². The van der Waals surface area contributed by atoms with Crippen molar-refractivity contribution >= 4 is 65.9 Å². The molecule has 0 amide bonds. The van der Waals surface area contributed by atoms with Crippen molar-refractivity contribution in [1.29, 1.82) is 0 Å². The normalized spacial score (nSPS) is 7.20. The van der Waals surface area contributed by atoms with Gasteiger partial charge in [0.1, 0.15) is 0 Å². The van der Waals surface area contributed by atoms with Crippen molar-refractivity contribution in [3.8, 4) is 0 Å². The molecule has 10 heavy (non-hydrogen) atoms. The fourth-order valence-electron chi connectivity index (χ4n) is 0. The van der Waals surface area contributed by atoms with Gasteiger partial charge >= 0.3 is 46.3 Å². The van der Waals surface area contributed by atoms with Gasteiger partial charge in [-0.15, -0.1) is 0 Å². The first-order valence-electron chi connectivity index (χ1n) is 1.17. The smallest absolute Gasteiger partial charge is 0.820 e. The summed E-state index contributed by atoms with van der Waals surface area (Å²) in [7, 11) is -5.74. The second kappa shape index (κ2) is 17.3. The molecule has 0 rings (SSSR count). The van der Waals surface area contributed by atoms with Crippen molar-refractivity contribution in [3.05, 3.63) is 0 Å². The maximum Gasteiger partial charge on any atom is 2.00 e. The van der Waals surface area contributed by atoms with Gasteiger partial charge in [-0.1, -0.05) is 0 Å². The van der Waals surface area contributed by atoms with Gasteiger partial charge in [-0.05, 0) is 11.0 Å². The second-order valence-electron chi connectivity index (χ2n) is 0.506. The summed E-state index contributed by atoms with van der Waals surface area (Å²) < 4.78 is 0. The Morgan fingerprint density at radius 1 is 0.900 bits per heavy atom. The van der Waals surface area contributed by atoms with E-state index in [0.29, 0.717) is 0 Å². The standard InChI is InChI=1S/Ca.H3O3P.HO3P.H4Si/c;2*1-4(2)3;/h;1-3H;1H;1H4/q+2;;-2;. The Kier molecular flexibility index (Phi) is 39.2. The van der Waals surface area contributed by atoms with Gasteiger partial charge < -0.3 is 29.4 Å². The minimum absolute atomic E-state index is 0. The van der Waals surface area contributed by atoms with Crippen LogP contribution in [0.4, 0.5) is 0 Å². The zero-order chi connectivity index (χ0) is 7.15. The summed E-state index contributed by atoms with van der Waals surface area (Å²) in [5.74, 6) is 0. The molecular weight excluding hydrogens is 226 g/mol. The van der Waals surface area contributed by atoms with E-state index in [1.54, 1.807) is 0 Å². The Labute approximate surface area is 94.6 Å². The van der Waals surface area contributed by atoms with Gasteiger partial charge in [0.15, 0.2) is 0 Å². The molecule has 60 valence electrons. The van der Waals surface area contributed by atoms with E-state index >= 15 is 0 Å². The van der Waals surface area contributed by atoms with Gasteiger partial charge in [0.2, 0.25) is 0 Å². The van der Waals surface area contributed by atoms with Gasteiger partial charge in [-0.3, -0.25) is 0 Å². The molecule has 0 fully saturated rings. The predicted molar refractivity (Wildman–Crippen MR) is 39.8 cm³/mol. The van der Waals surface area contributed by atoms with E-state index in [9.17, 15) is 0 Å². The van der Waals surface area contributed by atoms with Crippen molar-refractivity contribution in [2.75, 3.05) is 0 Å². The van der Waals surface area contributed by atoms with Gasteiger partial charge in [-0.2, -0.15) is 8.60 Å². The van der Waals surface area contributed by atoms with Gasteiger partial charge in [0.25, 0.3) is 0 Å². The first-order chi connectivity index (χ1) is 3.46. The van der Waals surface area contributed by atoms with Crippen molar-refractivity contribution in [2.24, 2.45) is 0 Å². The number of hydrogen-bond donors (Lipinski definition) is 4. The van der Waals surface area contributed by atoms with E-state index < -0.39 is 17.2 Å². The topological polar surface area (TPSA) is 127 Å². The molecule has 0 aliphatic rings. The van der Waals surface area contributed by atoms with Crippen LogP contribution in [0.3, 0.4) is 0 Å². The molecule has 4 N–H and O–H groups in total. The molecular formula is H8CaO6P2Si. The minimum atomic E-state index is -3.12. The Morgan fingerprint density at radius 2 is 0.900 bits per heavy atom. The number of hydrogen-bond acceptors (Lipinski definition) is 6. The molecule has 0 saturated heterocycles. The summed E-state index contributed by atoms with van der Waals surface area (Å²) >= 11 is 0. The largest absolute Gasteiger partial charge is 2.00 e. The fourth-order valence-corrected chi connectivity index (χ4v) is 0. The summed E-state index contributed by atoms with van der Waals surface area (Å²) in [6.07, 6.45) is 0. The Bertz CT molecular complexity index is 31.2. The van der Waals surface area contributed by atoms with Crippen molar-refractivity contribution in [3.63, 3.8) is 0 Å². The summed E-state index contributed by atoms with van der Waals surface area (Å²) in [5, 5.41) is 0. The van der Waals surface area contributed by atoms with Crippen LogP contribution in [-0.4, -0.2) is 68.3 Å².